The summed E-state index contributed by atoms with van der Waals surface area (Å²) in [7, 11) is 0. The number of aryl methyl sites for hydroxylation is 1. The number of halogens is 2. The molecule has 1 fully saturated rings. The zero-order valence-electron chi connectivity index (χ0n) is 19.4. The summed E-state index contributed by atoms with van der Waals surface area (Å²) >= 11 is 0. The number of hydrogen-bond donors (Lipinski definition) is 1. The van der Waals surface area contributed by atoms with Crippen LogP contribution in [0, 0.1) is 24.5 Å². The smallest absolute Gasteiger partial charge is 0.230 e. The highest BCUT2D eigenvalue weighted by molar-refractivity contribution is 6.00. The van der Waals surface area contributed by atoms with E-state index in [0.29, 0.717) is 12.0 Å². The van der Waals surface area contributed by atoms with Crippen LogP contribution in [0.3, 0.4) is 0 Å². The van der Waals surface area contributed by atoms with Crippen molar-refractivity contribution in [1.29, 1.82) is 0 Å². The molecular formula is C28H28F2N2O2. The third kappa shape index (κ3) is 4.92. The van der Waals surface area contributed by atoms with Crippen molar-refractivity contribution in [2.24, 2.45) is 11.7 Å². The minimum atomic E-state index is -1.07. The van der Waals surface area contributed by atoms with Crippen molar-refractivity contribution in [1.82, 2.24) is 0 Å². The predicted molar refractivity (Wildman–Crippen MR) is 129 cm³/mol. The van der Waals surface area contributed by atoms with E-state index in [9.17, 15) is 9.59 Å². The Balaban J connectivity index is 1.49. The van der Waals surface area contributed by atoms with Crippen LogP contribution in [-0.4, -0.2) is 18.2 Å². The summed E-state index contributed by atoms with van der Waals surface area (Å²) < 4.78 is 30.1. The molecule has 4 rings (SSSR count). The van der Waals surface area contributed by atoms with E-state index in [1.807, 2.05) is 44.2 Å². The Morgan fingerprint density at radius 2 is 1.82 bits per heavy atom. The molecule has 1 saturated heterocycles. The summed E-state index contributed by atoms with van der Waals surface area (Å²) in [6, 6.07) is 17.4. The van der Waals surface area contributed by atoms with Gasteiger partial charge in [-0.3, -0.25) is 9.59 Å². The molecule has 1 aliphatic heterocycles. The molecule has 1 unspecified atom stereocenters. The molecule has 0 aromatic heterocycles. The van der Waals surface area contributed by atoms with Crippen LogP contribution in [0.15, 0.2) is 60.7 Å². The number of rotatable bonds is 7. The average molecular weight is 463 g/mol. The first kappa shape index (κ1) is 23.8. The van der Waals surface area contributed by atoms with Crippen molar-refractivity contribution in [3.8, 4) is 11.1 Å². The molecule has 0 aliphatic carbocycles. The standard InChI is InChI=1S/C28H28F2N2O2/c1-17-6-8-19(9-7-17)14-23(33)16-22-12-13-32(28(22)34)25-11-10-24(26(29)27(25)30)21-5-3-4-20(15-21)18(2)31/h3-11,15,18,22H,12-14,16,31H2,1-2H3/t18?,22-/m0/s1. The number of carbonyl (C=O) groups is 2. The molecule has 0 radical (unpaired) electrons. The Hall–Kier alpha value is -3.38. The molecule has 0 bridgehead atoms. The SMILES string of the molecule is Cc1ccc(CC(=O)C[C@@H]2CCN(c3ccc(-c4cccc(C(C)N)c4)c(F)c3F)C2=O)cc1. The Kier molecular flexibility index (Phi) is 6.89. The van der Waals surface area contributed by atoms with Crippen molar-refractivity contribution in [3.05, 3.63) is 89.0 Å². The number of amides is 1. The largest absolute Gasteiger partial charge is 0.324 e. The fraction of sp³-hybridized carbons (Fsp3) is 0.286. The topological polar surface area (TPSA) is 63.4 Å². The van der Waals surface area contributed by atoms with Crippen molar-refractivity contribution >= 4 is 17.4 Å². The molecule has 1 heterocycles. The molecule has 6 heteroatoms. The van der Waals surface area contributed by atoms with E-state index in [0.717, 1.165) is 16.7 Å². The minimum Gasteiger partial charge on any atom is -0.324 e. The van der Waals surface area contributed by atoms with Gasteiger partial charge >= 0.3 is 0 Å². The number of benzene rings is 3. The molecule has 4 nitrogen and oxygen atoms in total. The Morgan fingerprint density at radius 3 is 2.53 bits per heavy atom. The van der Waals surface area contributed by atoms with Crippen LogP contribution in [0.2, 0.25) is 0 Å². The van der Waals surface area contributed by atoms with Gasteiger partial charge in [-0.2, -0.15) is 0 Å². The van der Waals surface area contributed by atoms with Crippen molar-refractivity contribution in [2.75, 3.05) is 11.4 Å². The van der Waals surface area contributed by atoms with E-state index in [1.165, 1.54) is 17.0 Å². The Morgan fingerprint density at radius 1 is 1.09 bits per heavy atom. The van der Waals surface area contributed by atoms with E-state index in [-0.39, 0.29) is 48.4 Å². The molecule has 3 aromatic carbocycles. The zero-order valence-corrected chi connectivity index (χ0v) is 19.4. The van der Waals surface area contributed by atoms with Gasteiger partial charge in [-0.05, 0) is 55.2 Å². The van der Waals surface area contributed by atoms with Gasteiger partial charge < -0.3 is 10.6 Å². The van der Waals surface area contributed by atoms with Crippen LogP contribution >= 0.6 is 0 Å². The van der Waals surface area contributed by atoms with E-state index in [4.69, 9.17) is 5.73 Å². The molecule has 2 N–H and O–H groups in total. The normalized spacial score (nSPS) is 16.7. The fourth-order valence-corrected chi connectivity index (χ4v) is 4.41. The molecule has 2 atom stereocenters. The lowest BCUT2D eigenvalue weighted by Crippen LogP contribution is -2.29. The number of carbonyl (C=O) groups excluding carboxylic acids is 2. The molecule has 176 valence electrons. The number of Topliss-reactive ketones (excluding diaryl/α,β-unsaturated/α-hetero) is 1. The van der Waals surface area contributed by atoms with E-state index >= 15 is 8.78 Å². The monoisotopic (exact) mass is 462 g/mol. The van der Waals surface area contributed by atoms with E-state index in [2.05, 4.69) is 0 Å². The molecule has 3 aromatic rings. The van der Waals surface area contributed by atoms with Gasteiger partial charge in [-0.25, -0.2) is 8.78 Å². The summed E-state index contributed by atoms with van der Waals surface area (Å²) in [5.41, 5.74) is 9.27. The summed E-state index contributed by atoms with van der Waals surface area (Å²) in [6.07, 6.45) is 0.773. The fourth-order valence-electron chi connectivity index (χ4n) is 4.41. The molecule has 34 heavy (non-hydrogen) atoms. The molecular weight excluding hydrogens is 434 g/mol. The lowest BCUT2D eigenvalue weighted by Gasteiger charge is -2.19. The van der Waals surface area contributed by atoms with Gasteiger partial charge in [0.05, 0.1) is 5.69 Å². The molecule has 0 saturated carbocycles. The van der Waals surface area contributed by atoms with Gasteiger partial charge in [-0.1, -0.05) is 48.0 Å². The van der Waals surface area contributed by atoms with E-state index in [1.54, 1.807) is 18.2 Å². The van der Waals surface area contributed by atoms with Crippen LogP contribution in [0.4, 0.5) is 14.5 Å². The van der Waals surface area contributed by atoms with Crippen molar-refractivity contribution in [2.45, 2.75) is 39.2 Å². The van der Waals surface area contributed by atoms with Gasteiger partial charge in [0, 0.05) is 36.9 Å². The van der Waals surface area contributed by atoms with Crippen LogP contribution < -0.4 is 10.6 Å². The maximum Gasteiger partial charge on any atom is 0.230 e. The third-order valence-electron chi connectivity index (χ3n) is 6.39. The van der Waals surface area contributed by atoms with Gasteiger partial charge in [-0.15, -0.1) is 0 Å². The summed E-state index contributed by atoms with van der Waals surface area (Å²) in [5, 5.41) is 0. The molecule has 1 amide bonds. The summed E-state index contributed by atoms with van der Waals surface area (Å²) in [6.45, 7) is 4.04. The molecule has 0 spiro atoms. The van der Waals surface area contributed by atoms with Crippen LogP contribution in [0.25, 0.3) is 11.1 Å². The number of ketones is 1. The highest BCUT2D eigenvalue weighted by Gasteiger charge is 2.35. The lowest BCUT2D eigenvalue weighted by atomic mass is 9.97. The van der Waals surface area contributed by atoms with Crippen LogP contribution in [0.1, 0.15) is 42.5 Å². The second kappa shape index (κ2) is 9.85. The first-order valence-corrected chi connectivity index (χ1v) is 11.5. The number of anilines is 1. The minimum absolute atomic E-state index is 0.0416. The first-order valence-electron chi connectivity index (χ1n) is 11.5. The Bertz CT molecular complexity index is 1220. The average Bonchev–Trinajstić information content (AvgIpc) is 3.17. The van der Waals surface area contributed by atoms with Gasteiger partial charge in [0.1, 0.15) is 5.78 Å². The maximum atomic E-state index is 15.1. The number of nitrogens with two attached hydrogens (primary N) is 1. The van der Waals surface area contributed by atoms with Crippen molar-refractivity contribution in [3.63, 3.8) is 0 Å². The first-order chi connectivity index (χ1) is 16.2. The summed E-state index contributed by atoms with van der Waals surface area (Å²) in [5.74, 6) is -2.99. The van der Waals surface area contributed by atoms with Gasteiger partial charge in [0.25, 0.3) is 0 Å². The summed E-state index contributed by atoms with van der Waals surface area (Å²) in [4.78, 5) is 26.7. The second-order valence-corrected chi connectivity index (χ2v) is 9.06. The zero-order chi connectivity index (χ0) is 24.4. The van der Waals surface area contributed by atoms with Crippen LogP contribution in [0.5, 0.6) is 0 Å². The number of nitrogens with zero attached hydrogens (tertiary/aromatic N) is 1. The van der Waals surface area contributed by atoms with Gasteiger partial charge in [0.2, 0.25) is 5.91 Å². The van der Waals surface area contributed by atoms with E-state index < -0.39 is 17.6 Å². The second-order valence-electron chi connectivity index (χ2n) is 9.06. The number of hydrogen-bond acceptors (Lipinski definition) is 3. The third-order valence-corrected chi connectivity index (χ3v) is 6.39. The molecule has 1 aliphatic rings. The Labute approximate surface area is 198 Å². The predicted octanol–water partition coefficient (Wildman–Crippen LogP) is 5.51. The quantitative estimate of drug-likeness (QED) is 0.503. The van der Waals surface area contributed by atoms with Crippen LogP contribution in [-0.2, 0) is 16.0 Å². The van der Waals surface area contributed by atoms with Gasteiger partial charge in [0.15, 0.2) is 11.6 Å². The van der Waals surface area contributed by atoms with Crippen molar-refractivity contribution < 1.29 is 18.4 Å². The lowest BCUT2D eigenvalue weighted by molar-refractivity contribution is -0.125. The maximum absolute atomic E-state index is 15.1. The highest BCUT2D eigenvalue weighted by Crippen LogP contribution is 2.35. The highest BCUT2D eigenvalue weighted by atomic mass is 19.2.